The second kappa shape index (κ2) is 7.04. The Hall–Kier alpha value is -1.14. The highest BCUT2D eigenvalue weighted by Gasteiger charge is 2.30. The number of hydrogen-bond acceptors (Lipinski definition) is 4. The average molecular weight is 283 g/mol. The fourth-order valence-corrected chi connectivity index (χ4v) is 2.83. The number of hydrogen-bond donors (Lipinski definition) is 1. The van der Waals surface area contributed by atoms with Crippen LogP contribution in [-0.2, 0) is 14.3 Å². The van der Waals surface area contributed by atoms with E-state index in [1.165, 1.54) is 0 Å². The van der Waals surface area contributed by atoms with Gasteiger partial charge in [0.1, 0.15) is 0 Å². The van der Waals surface area contributed by atoms with Gasteiger partial charge in [-0.2, -0.15) is 0 Å². The first-order valence-electron chi connectivity index (χ1n) is 7.38. The van der Waals surface area contributed by atoms with Crippen LogP contribution in [0, 0.1) is 5.92 Å². The number of amides is 2. The van der Waals surface area contributed by atoms with Crippen LogP contribution in [-0.4, -0.2) is 74.6 Å². The molecule has 2 aliphatic rings. The lowest BCUT2D eigenvalue weighted by Gasteiger charge is -2.18. The van der Waals surface area contributed by atoms with Crippen molar-refractivity contribution in [3.05, 3.63) is 0 Å². The predicted octanol–water partition coefficient (Wildman–Crippen LogP) is -0.308. The van der Waals surface area contributed by atoms with Gasteiger partial charge in [-0.1, -0.05) is 0 Å². The van der Waals surface area contributed by atoms with E-state index in [0.29, 0.717) is 19.6 Å². The van der Waals surface area contributed by atoms with Crippen LogP contribution in [0.25, 0.3) is 0 Å². The van der Waals surface area contributed by atoms with Gasteiger partial charge < -0.3 is 15.0 Å². The molecule has 2 aliphatic heterocycles. The van der Waals surface area contributed by atoms with Crippen LogP contribution in [0.3, 0.4) is 0 Å². The molecule has 0 aromatic carbocycles. The molecule has 0 aromatic heterocycles. The number of nitrogens with one attached hydrogen (secondary N) is 1. The molecule has 2 unspecified atom stereocenters. The Morgan fingerprint density at radius 2 is 2.15 bits per heavy atom. The quantitative estimate of drug-likeness (QED) is 0.752. The van der Waals surface area contributed by atoms with E-state index in [1.54, 1.807) is 19.0 Å². The van der Waals surface area contributed by atoms with Crippen molar-refractivity contribution in [2.45, 2.75) is 25.4 Å². The summed E-state index contributed by atoms with van der Waals surface area (Å²) in [5.41, 5.74) is 0. The Labute approximate surface area is 120 Å². The first-order chi connectivity index (χ1) is 9.56. The van der Waals surface area contributed by atoms with Crippen molar-refractivity contribution in [2.24, 2.45) is 5.92 Å². The van der Waals surface area contributed by atoms with Gasteiger partial charge in [-0.05, 0) is 25.8 Å². The highest BCUT2D eigenvalue weighted by Crippen LogP contribution is 2.17. The lowest BCUT2D eigenvalue weighted by atomic mass is 10.1. The van der Waals surface area contributed by atoms with Gasteiger partial charge in [-0.15, -0.1) is 0 Å². The summed E-state index contributed by atoms with van der Waals surface area (Å²) in [5, 5.41) is 2.92. The van der Waals surface area contributed by atoms with Crippen molar-refractivity contribution >= 4 is 11.8 Å². The number of carbonyl (C=O) groups is 2. The molecule has 20 heavy (non-hydrogen) atoms. The SMILES string of the molecule is CN(C)C(=O)C1CCN(CC(=O)NCC2CCCO2)C1. The number of rotatable bonds is 5. The molecule has 2 atom stereocenters. The summed E-state index contributed by atoms with van der Waals surface area (Å²) in [7, 11) is 3.55. The summed E-state index contributed by atoms with van der Waals surface area (Å²) in [6.45, 7) is 3.29. The smallest absolute Gasteiger partial charge is 0.234 e. The van der Waals surface area contributed by atoms with Gasteiger partial charge in [0.05, 0.1) is 18.6 Å². The molecule has 2 amide bonds. The van der Waals surface area contributed by atoms with Gasteiger partial charge in [-0.3, -0.25) is 14.5 Å². The minimum absolute atomic E-state index is 0.0263. The van der Waals surface area contributed by atoms with Gasteiger partial charge in [0.25, 0.3) is 0 Å². The third-order valence-corrected chi connectivity index (χ3v) is 3.98. The topological polar surface area (TPSA) is 61.9 Å². The Morgan fingerprint density at radius 1 is 1.35 bits per heavy atom. The molecule has 2 fully saturated rings. The molecular formula is C14H25N3O3. The van der Waals surface area contributed by atoms with Crippen LogP contribution < -0.4 is 5.32 Å². The van der Waals surface area contributed by atoms with E-state index in [9.17, 15) is 9.59 Å². The highest BCUT2D eigenvalue weighted by molar-refractivity contribution is 5.80. The third-order valence-electron chi connectivity index (χ3n) is 3.98. The Bertz CT molecular complexity index is 354. The molecule has 0 radical (unpaired) electrons. The zero-order valence-electron chi connectivity index (χ0n) is 12.4. The minimum Gasteiger partial charge on any atom is -0.376 e. The first-order valence-corrected chi connectivity index (χ1v) is 7.38. The second-order valence-electron chi connectivity index (χ2n) is 5.89. The summed E-state index contributed by atoms with van der Waals surface area (Å²) >= 11 is 0. The largest absolute Gasteiger partial charge is 0.376 e. The molecule has 1 N–H and O–H groups in total. The lowest BCUT2D eigenvalue weighted by molar-refractivity contribution is -0.132. The number of nitrogens with zero attached hydrogens (tertiary/aromatic N) is 2. The summed E-state index contributed by atoms with van der Waals surface area (Å²) in [6.07, 6.45) is 3.14. The first kappa shape index (κ1) is 15.3. The molecule has 0 aromatic rings. The maximum atomic E-state index is 11.9. The summed E-state index contributed by atoms with van der Waals surface area (Å²) in [6, 6.07) is 0. The van der Waals surface area contributed by atoms with Gasteiger partial charge in [0.15, 0.2) is 0 Å². The van der Waals surface area contributed by atoms with Gasteiger partial charge in [0.2, 0.25) is 11.8 Å². The van der Waals surface area contributed by atoms with Crippen molar-refractivity contribution in [3.8, 4) is 0 Å². The fraction of sp³-hybridized carbons (Fsp3) is 0.857. The number of carbonyl (C=O) groups excluding carboxylic acids is 2. The zero-order chi connectivity index (χ0) is 14.5. The number of ether oxygens (including phenoxy) is 1. The predicted molar refractivity (Wildman–Crippen MR) is 75.2 cm³/mol. The van der Waals surface area contributed by atoms with Crippen LogP contribution in [0.1, 0.15) is 19.3 Å². The van der Waals surface area contributed by atoms with Gasteiger partial charge in [0, 0.05) is 33.8 Å². The molecule has 2 rings (SSSR count). The standard InChI is InChI=1S/C14H25N3O3/c1-16(2)14(19)11-5-6-17(9-11)10-13(18)15-8-12-4-3-7-20-12/h11-12H,3-10H2,1-2H3,(H,15,18). The molecular weight excluding hydrogens is 258 g/mol. The van der Waals surface area contributed by atoms with Crippen LogP contribution in [0.2, 0.25) is 0 Å². The summed E-state index contributed by atoms with van der Waals surface area (Å²) in [5.74, 6) is 0.224. The van der Waals surface area contributed by atoms with E-state index >= 15 is 0 Å². The van der Waals surface area contributed by atoms with E-state index in [0.717, 1.165) is 32.4 Å². The minimum atomic E-state index is 0.0263. The maximum Gasteiger partial charge on any atom is 0.234 e. The van der Waals surface area contributed by atoms with E-state index in [2.05, 4.69) is 10.2 Å². The van der Waals surface area contributed by atoms with Crippen molar-refractivity contribution in [3.63, 3.8) is 0 Å². The molecule has 2 saturated heterocycles. The van der Waals surface area contributed by atoms with Gasteiger partial charge in [-0.25, -0.2) is 0 Å². The molecule has 0 aliphatic carbocycles. The summed E-state index contributed by atoms with van der Waals surface area (Å²) < 4.78 is 5.47. The fourth-order valence-electron chi connectivity index (χ4n) is 2.83. The maximum absolute atomic E-state index is 11.9. The van der Waals surface area contributed by atoms with Gasteiger partial charge >= 0.3 is 0 Å². The van der Waals surface area contributed by atoms with Crippen molar-refractivity contribution in [2.75, 3.05) is 46.9 Å². The van der Waals surface area contributed by atoms with Crippen molar-refractivity contribution < 1.29 is 14.3 Å². The van der Waals surface area contributed by atoms with E-state index in [-0.39, 0.29) is 23.8 Å². The monoisotopic (exact) mass is 283 g/mol. The van der Waals surface area contributed by atoms with Crippen LogP contribution in [0.15, 0.2) is 0 Å². The van der Waals surface area contributed by atoms with Crippen molar-refractivity contribution in [1.29, 1.82) is 0 Å². The third kappa shape index (κ3) is 4.18. The lowest BCUT2D eigenvalue weighted by Crippen LogP contribution is -2.40. The molecule has 6 nitrogen and oxygen atoms in total. The normalized spacial score (nSPS) is 26.7. The van der Waals surface area contributed by atoms with E-state index < -0.39 is 0 Å². The van der Waals surface area contributed by atoms with Crippen LogP contribution in [0.4, 0.5) is 0 Å². The van der Waals surface area contributed by atoms with E-state index in [1.807, 2.05) is 0 Å². The Balaban J connectivity index is 1.66. The number of likely N-dealkylation sites (tertiary alicyclic amines) is 1. The molecule has 2 heterocycles. The van der Waals surface area contributed by atoms with Crippen LogP contribution in [0.5, 0.6) is 0 Å². The van der Waals surface area contributed by atoms with Crippen LogP contribution >= 0.6 is 0 Å². The van der Waals surface area contributed by atoms with Crippen molar-refractivity contribution in [1.82, 2.24) is 15.1 Å². The summed E-state index contributed by atoms with van der Waals surface area (Å²) in [4.78, 5) is 27.4. The van der Waals surface area contributed by atoms with E-state index in [4.69, 9.17) is 4.74 Å². The highest BCUT2D eigenvalue weighted by atomic mass is 16.5. The Kier molecular flexibility index (Phi) is 5.37. The zero-order valence-corrected chi connectivity index (χ0v) is 12.4. The molecule has 0 spiro atoms. The second-order valence-corrected chi connectivity index (χ2v) is 5.89. The molecule has 114 valence electrons. The molecule has 0 bridgehead atoms. The molecule has 0 saturated carbocycles. The molecule has 6 heteroatoms. The average Bonchev–Trinajstić information content (AvgIpc) is 3.06. The Morgan fingerprint density at radius 3 is 2.80 bits per heavy atom.